The number of aromatic nitrogens is 2. The fourth-order valence-electron chi connectivity index (χ4n) is 2.35. The van der Waals surface area contributed by atoms with Gasteiger partial charge >= 0.3 is 0 Å². The van der Waals surface area contributed by atoms with E-state index in [4.69, 9.17) is 0 Å². The van der Waals surface area contributed by atoms with Gasteiger partial charge in [0.15, 0.2) is 0 Å². The van der Waals surface area contributed by atoms with E-state index < -0.39 is 0 Å². The number of rotatable bonds is 5. The Balaban J connectivity index is 2.44. The van der Waals surface area contributed by atoms with E-state index in [0.717, 1.165) is 33.8 Å². The van der Waals surface area contributed by atoms with Gasteiger partial charge in [0.2, 0.25) is 0 Å². The maximum Gasteiger partial charge on any atom is 0.139 e. The van der Waals surface area contributed by atoms with Gasteiger partial charge < -0.3 is 10.6 Å². The number of anilines is 3. The van der Waals surface area contributed by atoms with Crippen molar-refractivity contribution in [3.63, 3.8) is 0 Å². The number of nitrogens with one attached hydrogen (secondary N) is 2. The zero-order valence-electron chi connectivity index (χ0n) is 12.9. The summed E-state index contributed by atoms with van der Waals surface area (Å²) in [5.41, 5.74) is 3.44. The van der Waals surface area contributed by atoms with Crippen molar-refractivity contribution < 1.29 is 0 Å². The Hall–Kier alpha value is -1.62. The minimum atomic E-state index is 0.330. The first-order valence-electron chi connectivity index (χ1n) is 7.14. The summed E-state index contributed by atoms with van der Waals surface area (Å²) in [5.74, 6) is 2.07. The second-order valence-electron chi connectivity index (χ2n) is 5.17. The Kier molecular flexibility index (Phi) is 5.17. The molecule has 0 spiro atoms. The fraction of sp³-hybridized carbons (Fsp3) is 0.375. The van der Waals surface area contributed by atoms with Crippen LogP contribution >= 0.6 is 15.9 Å². The van der Waals surface area contributed by atoms with Crippen LogP contribution in [0.25, 0.3) is 0 Å². The highest BCUT2D eigenvalue weighted by Crippen LogP contribution is 2.31. The molecule has 5 heteroatoms. The molecule has 0 radical (unpaired) electrons. The van der Waals surface area contributed by atoms with Crippen LogP contribution in [0.15, 0.2) is 29.0 Å². The molecular formula is C16H21BrN4. The van der Waals surface area contributed by atoms with E-state index in [1.54, 1.807) is 6.33 Å². The third-order valence-corrected chi connectivity index (χ3v) is 3.89. The van der Waals surface area contributed by atoms with Gasteiger partial charge in [0.25, 0.3) is 0 Å². The Morgan fingerprint density at radius 3 is 2.52 bits per heavy atom. The van der Waals surface area contributed by atoms with Gasteiger partial charge in [-0.3, -0.25) is 0 Å². The van der Waals surface area contributed by atoms with E-state index in [1.807, 2.05) is 13.1 Å². The summed E-state index contributed by atoms with van der Waals surface area (Å²) >= 11 is 3.52. The highest BCUT2D eigenvalue weighted by atomic mass is 79.9. The number of nitrogens with zero attached hydrogens (tertiary/aromatic N) is 2. The molecule has 0 amide bonds. The minimum Gasteiger partial charge on any atom is -0.373 e. The highest BCUT2D eigenvalue weighted by molar-refractivity contribution is 9.10. The number of aryl methyl sites for hydroxylation is 1. The van der Waals surface area contributed by atoms with Crippen LogP contribution < -0.4 is 10.6 Å². The molecule has 0 fully saturated rings. The zero-order valence-corrected chi connectivity index (χ0v) is 14.5. The van der Waals surface area contributed by atoms with E-state index in [1.165, 1.54) is 5.56 Å². The lowest BCUT2D eigenvalue weighted by molar-refractivity contribution is 0.852. The number of hydrogen-bond donors (Lipinski definition) is 2. The number of benzene rings is 1. The molecule has 1 aromatic carbocycles. The summed E-state index contributed by atoms with van der Waals surface area (Å²) in [7, 11) is 1.88. The average Bonchev–Trinajstić information content (AvgIpc) is 2.48. The van der Waals surface area contributed by atoms with E-state index in [-0.39, 0.29) is 0 Å². The van der Waals surface area contributed by atoms with Crippen molar-refractivity contribution >= 4 is 33.3 Å². The van der Waals surface area contributed by atoms with Gasteiger partial charge in [0.05, 0.1) is 0 Å². The summed E-state index contributed by atoms with van der Waals surface area (Å²) in [5, 5.41) is 6.61. The van der Waals surface area contributed by atoms with Crippen molar-refractivity contribution in [1.82, 2.24) is 9.97 Å². The summed E-state index contributed by atoms with van der Waals surface area (Å²) in [4.78, 5) is 8.74. The molecule has 2 aromatic rings. The molecule has 0 aliphatic heterocycles. The smallest absolute Gasteiger partial charge is 0.139 e. The van der Waals surface area contributed by atoms with Gasteiger partial charge in [0.1, 0.15) is 18.0 Å². The Morgan fingerprint density at radius 2 is 1.90 bits per heavy atom. The van der Waals surface area contributed by atoms with Crippen LogP contribution in [0.5, 0.6) is 0 Å². The van der Waals surface area contributed by atoms with E-state index in [2.05, 4.69) is 69.4 Å². The molecule has 112 valence electrons. The summed E-state index contributed by atoms with van der Waals surface area (Å²) < 4.78 is 1.09. The summed E-state index contributed by atoms with van der Waals surface area (Å²) in [6.07, 6.45) is 2.55. The highest BCUT2D eigenvalue weighted by Gasteiger charge is 2.15. The van der Waals surface area contributed by atoms with Crippen LogP contribution in [0.2, 0.25) is 0 Å². The monoisotopic (exact) mass is 348 g/mol. The van der Waals surface area contributed by atoms with Crippen LogP contribution in [0.4, 0.5) is 17.3 Å². The Morgan fingerprint density at radius 1 is 1.19 bits per heavy atom. The van der Waals surface area contributed by atoms with E-state index in [9.17, 15) is 0 Å². The van der Waals surface area contributed by atoms with Crippen molar-refractivity contribution in [2.75, 3.05) is 17.7 Å². The van der Waals surface area contributed by atoms with Crippen molar-refractivity contribution in [1.29, 1.82) is 0 Å². The number of hydrogen-bond acceptors (Lipinski definition) is 4. The molecule has 0 aliphatic rings. The first-order valence-corrected chi connectivity index (χ1v) is 7.94. The second-order valence-corrected chi connectivity index (χ2v) is 6.08. The lowest BCUT2D eigenvalue weighted by atomic mass is 10.0. The Labute approximate surface area is 134 Å². The molecular weight excluding hydrogens is 328 g/mol. The lowest BCUT2D eigenvalue weighted by Crippen LogP contribution is -2.07. The van der Waals surface area contributed by atoms with E-state index in [0.29, 0.717) is 5.92 Å². The molecule has 0 saturated carbocycles. The normalized spacial score (nSPS) is 10.8. The van der Waals surface area contributed by atoms with Crippen molar-refractivity contribution in [2.45, 2.75) is 33.1 Å². The standard InChI is InChI=1S/C16H21BrN4/c1-5-11-8-12(17)6-7-13(11)21-16-14(10(2)3)15(18-4)19-9-20-16/h6-10H,5H2,1-4H3,(H2,18,19,20,21). The van der Waals surface area contributed by atoms with Gasteiger partial charge in [-0.25, -0.2) is 9.97 Å². The second kappa shape index (κ2) is 6.89. The average molecular weight is 349 g/mol. The SMILES string of the molecule is CCc1cc(Br)ccc1Nc1ncnc(NC)c1C(C)C. The number of halogens is 1. The van der Waals surface area contributed by atoms with Crippen LogP contribution in [0, 0.1) is 0 Å². The molecule has 4 nitrogen and oxygen atoms in total. The third kappa shape index (κ3) is 3.53. The van der Waals surface area contributed by atoms with Gasteiger partial charge in [-0.15, -0.1) is 0 Å². The molecule has 0 bridgehead atoms. The van der Waals surface area contributed by atoms with Gasteiger partial charge in [-0.05, 0) is 36.1 Å². The molecule has 2 N–H and O–H groups in total. The zero-order chi connectivity index (χ0) is 15.4. The largest absolute Gasteiger partial charge is 0.373 e. The van der Waals surface area contributed by atoms with Crippen LogP contribution in [-0.4, -0.2) is 17.0 Å². The Bertz CT molecular complexity index is 626. The maximum atomic E-state index is 4.43. The summed E-state index contributed by atoms with van der Waals surface area (Å²) in [6, 6.07) is 6.25. The lowest BCUT2D eigenvalue weighted by Gasteiger charge is -2.18. The third-order valence-electron chi connectivity index (χ3n) is 3.40. The molecule has 2 rings (SSSR count). The molecule has 0 aliphatic carbocycles. The molecule has 21 heavy (non-hydrogen) atoms. The van der Waals surface area contributed by atoms with Gasteiger partial charge in [0, 0.05) is 22.8 Å². The van der Waals surface area contributed by atoms with Crippen molar-refractivity contribution in [3.05, 3.63) is 40.1 Å². The quantitative estimate of drug-likeness (QED) is 0.821. The first-order chi connectivity index (χ1) is 10.1. The molecule has 0 saturated heterocycles. The maximum absolute atomic E-state index is 4.43. The van der Waals surface area contributed by atoms with Crippen molar-refractivity contribution in [3.8, 4) is 0 Å². The predicted octanol–water partition coefficient (Wildman–Crippen LogP) is 4.71. The van der Waals surface area contributed by atoms with Crippen LogP contribution in [0.3, 0.4) is 0 Å². The fourth-order valence-corrected chi connectivity index (χ4v) is 2.75. The first kappa shape index (κ1) is 15.8. The van der Waals surface area contributed by atoms with E-state index >= 15 is 0 Å². The predicted molar refractivity (Wildman–Crippen MR) is 92.5 cm³/mol. The minimum absolute atomic E-state index is 0.330. The van der Waals surface area contributed by atoms with Crippen LogP contribution in [-0.2, 0) is 6.42 Å². The molecule has 0 atom stereocenters. The van der Waals surface area contributed by atoms with Gasteiger partial charge in [-0.2, -0.15) is 0 Å². The molecule has 1 aromatic heterocycles. The summed E-state index contributed by atoms with van der Waals surface area (Å²) in [6.45, 7) is 6.44. The topological polar surface area (TPSA) is 49.8 Å². The molecule has 1 heterocycles. The van der Waals surface area contributed by atoms with Crippen LogP contribution in [0.1, 0.15) is 37.8 Å². The van der Waals surface area contributed by atoms with Crippen molar-refractivity contribution in [2.24, 2.45) is 0 Å². The molecule has 0 unspecified atom stereocenters. The van der Waals surface area contributed by atoms with Gasteiger partial charge in [-0.1, -0.05) is 36.7 Å².